The number of aromatic nitrogens is 2. The zero-order valence-corrected chi connectivity index (χ0v) is 13.4. The molecule has 0 saturated carbocycles. The maximum atomic E-state index is 11.5. The van der Waals surface area contributed by atoms with Crippen LogP contribution in [-0.4, -0.2) is 22.1 Å². The van der Waals surface area contributed by atoms with E-state index in [1.807, 2.05) is 36.7 Å². The number of nitrogens with zero attached hydrogens (tertiary/aromatic N) is 2. The minimum atomic E-state index is -0.191. The van der Waals surface area contributed by atoms with E-state index in [1.165, 1.54) is 5.56 Å². The molecule has 0 spiro atoms. The van der Waals surface area contributed by atoms with Gasteiger partial charge in [0.05, 0.1) is 17.4 Å². The molecule has 3 aromatic rings. The van der Waals surface area contributed by atoms with Crippen LogP contribution < -0.4 is 10.6 Å². The van der Waals surface area contributed by atoms with Gasteiger partial charge in [-0.25, -0.2) is 9.78 Å². The molecule has 1 heterocycles. The Morgan fingerprint density at radius 3 is 2.62 bits per heavy atom. The summed E-state index contributed by atoms with van der Waals surface area (Å²) in [7, 11) is 0. The molecular formula is C19H20N4O. The highest BCUT2D eigenvalue weighted by atomic mass is 16.2. The summed E-state index contributed by atoms with van der Waals surface area (Å²) in [6.45, 7) is 5.29. The average Bonchev–Trinajstić information content (AvgIpc) is 3.02. The highest BCUT2D eigenvalue weighted by molar-refractivity contribution is 5.75. The Kier molecular flexibility index (Phi) is 4.91. The number of benzene rings is 2. The van der Waals surface area contributed by atoms with Crippen LogP contribution in [0.1, 0.15) is 11.1 Å². The van der Waals surface area contributed by atoms with Gasteiger partial charge in [-0.2, -0.15) is 0 Å². The number of fused-ring (bicyclic) bond motifs is 1. The topological polar surface area (TPSA) is 59.0 Å². The monoisotopic (exact) mass is 320 g/mol. The maximum Gasteiger partial charge on any atom is 0.315 e. The van der Waals surface area contributed by atoms with Gasteiger partial charge in [0.15, 0.2) is 0 Å². The average molecular weight is 320 g/mol. The van der Waals surface area contributed by atoms with Gasteiger partial charge < -0.3 is 15.2 Å². The first kappa shape index (κ1) is 15.8. The molecule has 0 fully saturated rings. The lowest BCUT2D eigenvalue weighted by Gasteiger charge is -2.08. The summed E-state index contributed by atoms with van der Waals surface area (Å²) < 4.78 is 2.13. The first-order valence-electron chi connectivity index (χ1n) is 7.86. The van der Waals surface area contributed by atoms with E-state index in [0.717, 1.165) is 23.1 Å². The fraction of sp³-hybridized carbons (Fsp3) is 0.158. The second-order valence-corrected chi connectivity index (χ2v) is 5.53. The Bertz CT molecular complexity index is 836. The second kappa shape index (κ2) is 7.46. The lowest BCUT2D eigenvalue weighted by atomic mass is 10.1. The first-order chi connectivity index (χ1) is 11.8. The molecule has 2 N–H and O–H groups in total. The number of carbonyl (C=O) groups excluding carboxylic acids is 1. The smallest absolute Gasteiger partial charge is 0.315 e. The molecule has 5 heteroatoms. The number of amides is 2. The Morgan fingerprint density at radius 2 is 1.83 bits per heavy atom. The van der Waals surface area contributed by atoms with Gasteiger partial charge in [0.2, 0.25) is 0 Å². The molecule has 5 nitrogen and oxygen atoms in total. The van der Waals surface area contributed by atoms with Crippen LogP contribution in [0, 0.1) is 0 Å². The van der Waals surface area contributed by atoms with Crippen LogP contribution in [0.15, 0.2) is 67.5 Å². The van der Waals surface area contributed by atoms with E-state index in [9.17, 15) is 4.79 Å². The fourth-order valence-electron chi connectivity index (χ4n) is 2.51. The van der Waals surface area contributed by atoms with Crippen LogP contribution >= 0.6 is 0 Å². The van der Waals surface area contributed by atoms with Gasteiger partial charge in [0.25, 0.3) is 0 Å². The van der Waals surface area contributed by atoms with Gasteiger partial charge in [-0.05, 0) is 23.3 Å². The number of urea groups is 1. The molecule has 3 rings (SSSR count). The van der Waals surface area contributed by atoms with Crippen LogP contribution in [0.2, 0.25) is 0 Å². The quantitative estimate of drug-likeness (QED) is 0.686. The van der Waals surface area contributed by atoms with E-state index in [0.29, 0.717) is 13.1 Å². The first-order valence-corrected chi connectivity index (χ1v) is 7.86. The molecule has 0 saturated heterocycles. The van der Waals surface area contributed by atoms with Crippen molar-refractivity contribution in [3.8, 4) is 0 Å². The van der Waals surface area contributed by atoms with Gasteiger partial charge in [-0.1, -0.05) is 42.5 Å². The van der Waals surface area contributed by atoms with Crippen LogP contribution in [0.3, 0.4) is 0 Å². The van der Waals surface area contributed by atoms with Crippen LogP contribution in [0.25, 0.3) is 11.0 Å². The predicted octanol–water partition coefficient (Wildman–Crippen LogP) is 3.07. The van der Waals surface area contributed by atoms with E-state index in [2.05, 4.69) is 45.0 Å². The highest BCUT2D eigenvalue weighted by Gasteiger charge is 2.03. The van der Waals surface area contributed by atoms with Gasteiger partial charge >= 0.3 is 6.03 Å². The Balaban J connectivity index is 1.60. The molecule has 0 aliphatic heterocycles. The molecule has 0 atom stereocenters. The van der Waals surface area contributed by atoms with Gasteiger partial charge in [-0.3, -0.25) is 0 Å². The van der Waals surface area contributed by atoms with Crippen molar-refractivity contribution < 1.29 is 4.79 Å². The number of hydrogen-bond acceptors (Lipinski definition) is 2. The molecule has 24 heavy (non-hydrogen) atoms. The summed E-state index contributed by atoms with van der Waals surface area (Å²) >= 11 is 0. The lowest BCUT2D eigenvalue weighted by molar-refractivity contribution is 0.241. The van der Waals surface area contributed by atoms with E-state index in [-0.39, 0.29) is 6.03 Å². The van der Waals surface area contributed by atoms with Crippen LogP contribution in [0.4, 0.5) is 4.79 Å². The number of para-hydroxylation sites is 2. The molecule has 0 aliphatic carbocycles. The summed E-state index contributed by atoms with van der Waals surface area (Å²) in [5.74, 6) is 0. The fourth-order valence-corrected chi connectivity index (χ4v) is 2.51. The molecule has 1 aromatic heterocycles. The van der Waals surface area contributed by atoms with Crippen molar-refractivity contribution in [3.63, 3.8) is 0 Å². The van der Waals surface area contributed by atoms with E-state index in [4.69, 9.17) is 0 Å². The number of rotatable bonds is 6. The number of carbonyl (C=O) groups is 1. The molecule has 122 valence electrons. The molecule has 2 aromatic carbocycles. The standard InChI is InChI=1S/C19H20N4O/c1-2-11-20-19(24)21-12-15-7-9-16(10-8-15)13-23-14-22-17-5-3-4-6-18(17)23/h2-10,14H,1,11-13H2,(H2,20,21,24). The summed E-state index contributed by atoms with van der Waals surface area (Å²) in [6.07, 6.45) is 3.51. The van der Waals surface area contributed by atoms with Crippen molar-refractivity contribution in [2.75, 3.05) is 6.54 Å². The Morgan fingerprint density at radius 1 is 1.08 bits per heavy atom. The zero-order valence-electron chi connectivity index (χ0n) is 13.4. The minimum Gasteiger partial charge on any atom is -0.335 e. The highest BCUT2D eigenvalue weighted by Crippen LogP contribution is 2.14. The maximum absolute atomic E-state index is 11.5. The molecule has 0 radical (unpaired) electrons. The minimum absolute atomic E-state index is 0.191. The van der Waals surface area contributed by atoms with Crippen molar-refractivity contribution in [1.29, 1.82) is 0 Å². The largest absolute Gasteiger partial charge is 0.335 e. The van der Waals surface area contributed by atoms with Gasteiger partial charge in [-0.15, -0.1) is 6.58 Å². The van der Waals surface area contributed by atoms with Crippen molar-refractivity contribution in [2.45, 2.75) is 13.1 Å². The van der Waals surface area contributed by atoms with Crippen molar-refractivity contribution >= 4 is 17.1 Å². The number of hydrogen-bond donors (Lipinski definition) is 2. The van der Waals surface area contributed by atoms with Gasteiger partial charge in [0, 0.05) is 19.6 Å². The third-order valence-corrected chi connectivity index (χ3v) is 3.76. The van der Waals surface area contributed by atoms with Crippen molar-refractivity contribution in [1.82, 2.24) is 20.2 Å². The second-order valence-electron chi connectivity index (χ2n) is 5.53. The number of nitrogens with one attached hydrogen (secondary N) is 2. The number of imidazole rings is 1. The molecule has 2 amide bonds. The van der Waals surface area contributed by atoms with E-state index < -0.39 is 0 Å². The Labute approximate surface area is 141 Å². The molecular weight excluding hydrogens is 300 g/mol. The third-order valence-electron chi connectivity index (χ3n) is 3.76. The summed E-state index contributed by atoms with van der Waals surface area (Å²) in [5, 5.41) is 5.49. The lowest BCUT2D eigenvalue weighted by Crippen LogP contribution is -2.34. The summed E-state index contributed by atoms with van der Waals surface area (Å²) in [4.78, 5) is 15.9. The molecule has 0 bridgehead atoms. The van der Waals surface area contributed by atoms with Crippen LogP contribution in [0.5, 0.6) is 0 Å². The molecule has 0 aliphatic rings. The molecule has 0 unspecified atom stereocenters. The Hall–Kier alpha value is -3.08. The summed E-state index contributed by atoms with van der Waals surface area (Å²) in [5.41, 5.74) is 4.38. The predicted molar refractivity (Wildman–Crippen MR) is 95.7 cm³/mol. The zero-order chi connectivity index (χ0) is 16.8. The van der Waals surface area contributed by atoms with E-state index >= 15 is 0 Å². The van der Waals surface area contributed by atoms with Crippen molar-refractivity contribution in [3.05, 3.63) is 78.6 Å². The SMILES string of the molecule is C=CCNC(=O)NCc1ccc(Cn2cnc3ccccc32)cc1. The van der Waals surface area contributed by atoms with Gasteiger partial charge in [0.1, 0.15) is 0 Å². The van der Waals surface area contributed by atoms with Crippen LogP contribution in [-0.2, 0) is 13.1 Å². The normalized spacial score (nSPS) is 10.5. The van der Waals surface area contributed by atoms with Crippen molar-refractivity contribution in [2.24, 2.45) is 0 Å². The summed E-state index contributed by atoms with van der Waals surface area (Å²) in [6, 6.07) is 16.1. The third kappa shape index (κ3) is 3.81. The van der Waals surface area contributed by atoms with E-state index in [1.54, 1.807) is 6.08 Å².